The Balaban J connectivity index is 2.47. The maximum atomic E-state index is 12.9. The van der Waals surface area contributed by atoms with Crippen molar-refractivity contribution >= 4 is 23.8 Å². The van der Waals surface area contributed by atoms with Crippen LogP contribution in [0.1, 0.15) is 252 Å². The minimum atomic E-state index is -0.301. The molecule has 0 saturated heterocycles. The van der Waals surface area contributed by atoms with Gasteiger partial charge in [0, 0.05) is 33.5 Å². The van der Waals surface area contributed by atoms with Gasteiger partial charge in [0.1, 0.15) is 23.6 Å². The van der Waals surface area contributed by atoms with Gasteiger partial charge in [0.2, 0.25) is 0 Å². The predicted molar refractivity (Wildman–Crippen MR) is 262 cm³/mol. The second-order valence-corrected chi connectivity index (χ2v) is 18.6. The number of nitrogens with one attached hydrogen (secondary N) is 2. The molecule has 1 atom stereocenters. The zero-order valence-corrected chi connectivity index (χ0v) is 42.1. The number of carbonyl (C=O) groups is 4. The maximum absolute atomic E-state index is 12.9. The number of hydrogen-bond acceptors (Lipinski definition) is 9. The maximum Gasteiger partial charge on any atom is 0.306 e. The summed E-state index contributed by atoms with van der Waals surface area (Å²) in [6, 6.07) is 0. The standard InChI is InChI=1S/C53H100N4O6/c1-7-11-14-17-22-29-37-46(10-4)62-48(58)40-32-25-20-27-34-43-57(45-36-42-55-51-50(54-5)52(60)56(6)53(51)61)44-35-28-21-26-33-41-49(59)63-47(38-30-23-18-15-12-8-2)39-31-24-19-16-13-9-3/h46-47,54-55H,7-45H2,1-6H3. The van der Waals surface area contributed by atoms with Crippen molar-refractivity contribution in [1.82, 2.24) is 20.4 Å². The summed E-state index contributed by atoms with van der Waals surface area (Å²) in [6.45, 7) is 12.5. The molecule has 2 amide bonds. The Bertz CT molecular complexity index is 1180. The number of ether oxygens (including phenoxy) is 2. The minimum Gasteiger partial charge on any atom is -0.462 e. The molecule has 10 heteroatoms. The van der Waals surface area contributed by atoms with Crippen molar-refractivity contribution in [1.29, 1.82) is 0 Å². The molecule has 0 aromatic heterocycles. The number of esters is 2. The number of nitrogens with zero attached hydrogens (tertiary/aromatic N) is 2. The molecule has 1 aliphatic heterocycles. The van der Waals surface area contributed by atoms with Crippen molar-refractivity contribution in [3.8, 4) is 0 Å². The van der Waals surface area contributed by atoms with Gasteiger partial charge < -0.3 is 25.0 Å². The summed E-state index contributed by atoms with van der Waals surface area (Å²) in [7, 11) is 3.19. The molecule has 2 N–H and O–H groups in total. The largest absolute Gasteiger partial charge is 0.462 e. The van der Waals surface area contributed by atoms with Crippen molar-refractivity contribution in [3.05, 3.63) is 11.4 Å². The van der Waals surface area contributed by atoms with Gasteiger partial charge in [0.15, 0.2) is 0 Å². The van der Waals surface area contributed by atoms with Gasteiger partial charge in [0.05, 0.1) is 0 Å². The molecule has 0 aromatic carbocycles. The summed E-state index contributed by atoms with van der Waals surface area (Å²) < 4.78 is 11.9. The molecule has 0 bridgehead atoms. The van der Waals surface area contributed by atoms with Crippen LogP contribution in [0.2, 0.25) is 0 Å². The number of unbranched alkanes of at least 4 members (excludes halogenated alkanes) is 23. The van der Waals surface area contributed by atoms with Crippen LogP contribution in [0.25, 0.3) is 0 Å². The lowest BCUT2D eigenvalue weighted by molar-refractivity contribution is -0.150. The first-order valence-corrected chi connectivity index (χ1v) is 26.8. The number of rotatable bonds is 46. The second kappa shape index (κ2) is 40.9. The number of hydrogen-bond donors (Lipinski definition) is 2. The third-order valence-corrected chi connectivity index (χ3v) is 12.9. The van der Waals surface area contributed by atoms with Gasteiger partial charge in [0.25, 0.3) is 11.8 Å². The van der Waals surface area contributed by atoms with E-state index in [1.54, 1.807) is 7.05 Å². The van der Waals surface area contributed by atoms with Gasteiger partial charge in [-0.25, -0.2) is 0 Å². The summed E-state index contributed by atoms with van der Waals surface area (Å²) >= 11 is 0. The third-order valence-electron chi connectivity index (χ3n) is 12.9. The Labute approximate surface area is 388 Å². The van der Waals surface area contributed by atoms with Gasteiger partial charge in [-0.05, 0) is 96.7 Å². The normalized spacial score (nSPS) is 13.5. The highest BCUT2D eigenvalue weighted by molar-refractivity contribution is 6.18. The Morgan fingerprint density at radius 3 is 1.30 bits per heavy atom. The van der Waals surface area contributed by atoms with Gasteiger partial charge in [-0.3, -0.25) is 24.1 Å². The molecule has 0 aliphatic carbocycles. The Hall–Kier alpha value is -2.62. The summed E-state index contributed by atoms with van der Waals surface area (Å²) in [5.41, 5.74) is 0.693. The van der Waals surface area contributed by atoms with E-state index in [0.29, 0.717) is 30.8 Å². The molecule has 1 rings (SSSR count). The zero-order valence-electron chi connectivity index (χ0n) is 42.1. The quantitative estimate of drug-likeness (QED) is 0.0350. The van der Waals surface area contributed by atoms with Crippen molar-refractivity contribution in [2.24, 2.45) is 0 Å². The monoisotopic (exact) mass is 889 g/mol. The summed E-state index contributed by atoms with van der Waals surface area (Å²) in [5, 5.41) is 6.12. The molecule has 0 radical (unpaired) electrons. The van der Waals surface area contributed by atoms with Crippen LogP contribution >= 0.6 is 0 Å². The first-order valence-electron chi connectivity index (χ1n) is 26.8. The first-order chi connectivity index (χ1) is 30.7. The molecule has 1 unspecified atom stereocenters. The van der Waals surface area contributed by atoms with Crippen molar-refractivity contribution in [2.45, 2.75) is 265 Å². The van der Waals surface area contributed by atoms with Crippen LogP contribution in [0.15, 0.2) is 11.4 Å². The number of likely N-dealkylation sites (N-methyl/N-ethyl adjacent to an activating group) is 2. The molecule has 0 spiro atoms. The number of amides is 2. The van der Waals surface area contributed by atoms with Gasteiger partial charge >= 0.3 is 11.9 Å². The molecule has 1 heterocycles. The van der Waals surface area contributed by atoms with Crippen LogP contribution in [0.4, 0.5) is 0 Å². The zero-order chi connectivity index (χ0) is 46.2. The second-order valence-electron chi connectivity index (χ2n) is 18.6. The van der Waals surface area contributed by atoms with Crippen LogP contribution in [-0.2, 0) is 28.7 Å². The Morgan fingerprint density at radius 2 is 0.857 bits per heavy atom. The lowest BCUT2D eigenvalue weighted by Crippen LogP contribution is -2.32. The fourth-order valence-electron chi connectivity index (χ4n) is 8.71. The van der Waals surface area contributed by atoms with Gasteiger partial charge in [-0.15, -0.1) is 0 Å². The fourth-order valence-corrected chi connectivity index (χ4v) is 8.71. The predicted octanol–water partition coefficient (Wildman–Crippen LogP) is 12.9. The van der Waals surface area contributed by atoms with Crippen molar-refractivity contribution in [3.63, 3.8) is 0 Å². The van der Waals surface area contributed by atoms with Crippen LogP contribution in [-0.4, -0.2) is 86.0 Å². The average Bonchev–Trinajstić information content (AvgIpc) is 3.48. The van der Waals surface area contributed by atoms with Crippen molar-refractivity contribution in [2.75, 3.05) is 40.3 Å². The number of carbonyl (C=O) groups excluding carboxylic acids is 4. The topological polar surface area (TPSA) is 117 Å². The van der Waals surface area contributed by atoms with Crippen LogP contribution in [0.3, 0.4) is 0 Å². The Kier molecular flexibility index (Phi) is 37.9. The Morgan fingerprint density at radius 1 is 0.492 bits per heavy atom. The van der Waals surface area contributed by atoms with Gasteiger partial charge in [-0.2, -0.15) is 0 Å². The van der Waals surface area contributed by atoms with E-state index in [0.717, 1.165) is 140 Å². The smallest absolute Gasteiger partial charge is 0.306 e. The molecule has 63 heavy (non-hydrogen) atoms. The molecular formula is C53H100N4O6. The molecule has 0 saturated carbocycles. The molecule has 0 aromatic rings. The lowest BCUT2D eigenvalue weighted by atomic mass is 10.0. The summed E-state index contributed by atoms with van der Waals surface area (Å²) in [6.07, 6.45) is 39.3. The summed E-state index contributed by atoms with van der Waals surface area (Å²) in [4.78, 5) is 54.1. The molecular weight excluding hydrogens is 789 g/mol. The van der Waals surface area contributed by atoms with Crippen LogP contribution < -0.4 is 10.6 Å². The van der Waals surface area contributed by atoms with E-state index < -0.39 is 0 Å². The van der Waals surface area contributed by atoms with E-state index in [2.05, 4.69) is 43.2 Å². The number of imide groups is 1. The highest BCUT2D eigenvalue weighted by atomic mass is 16.5. The van der Waals surface area contributed by atoms with E-state index in [1.165, 1.54) is 103 Å². The van der Waals surface area contributed by atoms with Crippen LogP contribution in [0.5, 0.6) is 0 Å². The van der Waals surface area contributed by atoms with Crippen molar-refractivity contribution < 1.29 is 28.7 Å². The fraction of sp³-hybridized carbons (Fsp3) is 0.887. The highest BCUT2D eigenvalue weighted by Crippen LogP contribution is 2.20. The summed E-state index contributed by atoms with van der Waals surface area (Å²) in [5.74, 6) is -0.632. The molecule has 10 nitrogen and oxygen atoms in total. The third kappa shape index (κ3) is 30.3. The molecule has 368 valence electrons. The lowest BCUT2D eigenvalue weighted by Gasteiger charge is -2.23. The van der Waals surface area contributed by atoms with E-state index >= 15 is 0 Å². The average molecular weight is 889 g/mol. The van der Waals surface area contributed by atoms with E-state index in [1.807, 2.05) is 0 Å². The molecule has 1 aliphatic rings. The van der Waals surface area contributed by atoms with E-state index in [4.69, 9.17) is 9.47 Å². The SMILES string of the molecule is CCCCCCCCC(CC)OC(=O)CCCCCCCN(CCCCCCCC(=O)OC(CCCCCCCC)CCCCCCCC)CCCNC1=C(NC)C(=O)N(C)C1=O. The molecule has 0 fully saturated rings. The van der Waals surface area contributed by atoms with E-state index in [-0.39, 0.29) is 36.0 Å². The van der Waals surface area contributed by atoms with E-state index in [9.17, 15) is 19.2 Å². The van der Waals surface area contributed by atoms with Crippen LogP contribution in [0, 0.1) is 0 Å². The minimum absolute atomic E-state index is 0.00599. The first kappa shape index (κ1) is 58.4. The highest BCUT2D eigenvalue weighted by Gasteiger charge is 2.35. The van der Waals surface area contributed by atoms with Gasteiger partial charge in [-0.1, -0.05) is 163 Å².